The normalized spacial score (nSPS) is 10.4. The van der Waals surface area contributed by atoms with E-state index in [2.05, 4.69) is 10.6 Å². The van der Waals surface area contributed by atoms with Crippen LogP contribution in [0, 0.1) is 0 Å². The molecule has 3 aromatic rings. The Kier molecular flexibility index (Phi) is 6.68. The number of hydrogen-bond donors (Lipinski definition) is 2. The second-order valence-corrected chi connectivity index (χ2v) is 7.79. The van der Waals surface area contributed by atoms with Crippen molar-refractivity contribution in [1.82, 2.24) is 0 Å². The van der Waals surface area contributed by atoms with Crippen molar-refractivity contribution in [2.45, 2.75) is 12.8 Å². The van der Waals surface area contributed by atoms with Gasteiger partial charge in [-0.05, 0) is 42.8 Å². The lowest BCUT2D eigenvalue weighted by molar-refractivity contribution is -0.116. The Labute approximate surface area is 172 Å². The number of para-hydroxylation sites is 1. The maximum atomic E-state index is 12.7. The summed E-state index contributed by atoms with van der Waals surface area (Å²) >= 11 is 7.37. The molecular formula is C21H19ClN2O3S. The lowest BCUT2D eigenvalue weighted by Gasteiger charge is -2.12. The number of thiophene rings is 1. The smallest absolute Gasteiger partial charge is 0.257 e. The summed E-state index contributed by atoms with van der Waals surface area (Å²) in [7, 11) is 1.57. The van der Waals surface area contributed by atoms with Gasteiger partial charge in [0.25, 0.3) is 5.91 Å². The van der Waals surface area contributed by atoms with Crippen LogP contribution in [-0.4, -0.2) is 18.9 Å². The van der Waals surface area contributed by atoms with E-state index in [-0.39, 0.29) is 11.8 Å². The van der Waals surface area contributed by atoms with Crippen molar-refractivity contribution in [3.63, 3.8) is 0 Å². The van der Waals surface area contributed by atoms with Gasteiger partial charge in [0.15, 0.2) is 0 Å². The molecule has 28 heavy (non-hydrogen) atoms. The lowest BCUT2D eigenvalue weighted by atomic mass is 10.1. The highest BCUT2D eigenvalue weighted by Gasteiger charge is 2.14. The van der Waals surface area contributed by atoms with E-state index in [0.717, 1.165) is 4.88 Å². The minimum absolute atomic E-state index is 0.161. The Morgan fingerprint density at radius 2 is 1.86 bits per heavy atom. The quantitative estimate of drug-likeness (QED) is 0.556. The molecule has 1 heterocycles. The number of rotatable bonds is 7. The minimum atomic E-state index is -0.311. The Morgan fingerprint density at radius 1 is 1.04 bits per heavy atom. The van der Waals surface area contributed by atoms with Crippen LogP contribution in [0.2, 0.25) is 4.34 Å². The first-order chi connectivity index (χ1) is 13.5. The molecule has 0 saturated carbocycles. The average molecular weight is 415 g/mol. The van der Waals surface area contributed by atoms with Crippen LogP contribution in [-0.2, 0) is 11.2 Å². The number of halogens is 1. The van der Waals surface area contributed by atoms with Crippen LogP contribution in [0.25, 0.3) is 0 Å². The third-order valence-electron chi connectivity index (χ3n) is 4.00. The van der Waals surface area contributed by atoms with Gasteiger partial charge in [0, 0.05) is 23.1 Å². The minimum Gasteiger partial charge on any atom is -0.497 e. The van der Waals surface area contributed by atoms with Gasteiger partial charge >= 0.3 is 0 Å². The molecule has 0 aliphatic carbocycles. The first-order valence-corrected chi connectivity index (χ1v) is 9.83. The summed E-state index contributed by atoms with van der Waals surface area (Å²) in [6, 6.07) is 17.7. The number of nitrogens with one attached hydrogen (secondary N) is 2. The topological polar surface area (TPSA) is 67.4 Å². The average Bonchev–Trinajstić information content (AvgIpc) is 3.12. The van der Waals surface area contributed by atoms with Crippen LogP contribution in [0.4, 0.5) is 11.4 Å². The number of anilines is 2. The number of hydrogen-bond acceptors (Lipinski definition) is 4. The Bertz CT molecular complexity index is 987. The standard InChI is InChI=1S/C21H19ClN2O3S/c1-27-15-6-4-5-14(13-15)23-21(26)17-7-2-3-8-18(17)24-20(25)12-10-16-9-11-19(22)28-16/h2-9,11,13H,10,12H2,1H3,(H,23,26)(H,24,25). The molecule has 0 saturated heterocycles. The van der Waals surface area contributed by atoms with Gasteiger partial charge in [0.2, 0.25) is 5.91 Å². The van der Waals surface area contributed by atoms with Crippen molar-refractivity contribution in [2.75, 3.05) is 17.7 Å². The third kappa shape index (κ3) is 5.34. The zero-order chi connectivity index (χ0) is 19.9. The highest BCUT2D eigenvalue weighted by atomic mass is 35.5. The SMILES string of the molecule is COc1cccc(NC(=O)c2ccccc2NC(=O)CCc2ccc(Cl)s2)c1. The summed E-state index contributed by atoms with van der Waals surface area (Å²) in [6.45, 7) is 0. The van der Waals surface area contributed by atoms with Crippen LogP contribution in [0.15, 0.2) is 60.7 Å². The molecule has 1 aromatic heterocycles. The number of methoxy groups -OCH3 is 1. The number of benzene rings is 2. The molecule has 2 amide bonds. The fraction of sp³-hybridized carbons (Fsp3) is 0.143. The van der Waals surface area contributed by atoms with Crippen LogP contribution < -0.4 is 15.4 Å². The molecule has 3 rings (SSSR count). The molecule has 2 aromatic carbocycles. The molecule has 0 bridgehead atoms. The summed E-state index contributed by atoms with van der Waals surface area (Å²) in [4.78, 5) is 26.0. The van der Waals surface area contributed by atoms with E-state index >= 15 is 0 Å². The van der Waals surface area contributed by atoms with Gasteiger partial charge in [-0.2, -0.15) is 0 Å². The molecule has 7 heteroatoms. The predicted octanol–water partition coefficient (Wildman–Crippen LogP) is 5.23. The molecular weight excluding hydrogens is 396 g/mol. The molecule has 0 atom stereocenters. The van der Waals surface area contributed by atoms with Crippen molar-refractivity contribution in [3.8, 4) is 5.75 Å². The number of carbonyl (C=O) groups excluding carboxylic acids is 2. The number of carbonyl (C=O) groups is 2. The largest absolute Gasteiger partial charge is 0.497 e. The van der Waals surface area contributed by atoms with Crippen LogP contribution in [0.5, 0.6) is 5.75 Å². The first kappa shape index (κ1) is 19.9. The van der Waals surface area contributed by atoms with Crippen molar-refractivity contribution in [1.29, 1.82) is 0 Å². The zero-order valence-corrected chi connectivity index (χ0v) is 16.8. The van der Waals surface area contributed by atoms with Crippen molar-refractivity contribution >= 4 is 46.1 Å². The molecule has 144 valence electrons. The molecule has 0 unspecified atom stereocenters. The zero-order valence-electron chi connectivity index (χ0n) is 15.2. The van der Waals surface area contributed by atoms with E-state index in [0.29, 0.717) is 39.9 Å². The van der Waals surface area contributed by atoms with Crippen LogP contribution >= 0.6 is 22.9 Å². The molecule has 2 N–H and O–H groups in total. The third-order valence-corrected chi connectivity index (χ3v) is 5.29. The number of ether oxygens (including phenoxy) is 1. The second-order valence-electron chi connectivity index (χ2n) is 5.99. The van der Waals surface area contributed by atoms with Crippen molar-refractivity contribution < 1.29 is 14.3 Å². The molecule has 0 fully saturated rings. The van der Waals surface area contributed by atoms with Crippen molar-refractivity contribution in [2.24, 2.45) is 0 Å². The summed E-state index contributed by atoms with van der Waals surface area (Å²) in [5.74, 6) is 0.174. The van der Waals surface area contributed by atoms with E-state index in [1.54, 1.807) is 55.6 Å². The molecule has 5 nitrogen and oxygen atoms in total. The Balaban J connectivity index is 1.66. The van der Waals surface area contributed by atoms with Gasteiger partial charge in [0.05, 0.1) is 22.7 Å². The number of amides is 2. The Morgan fingerprint density at radius 3 is 2.61 bits per heavy atom. The summed E-state index contributed by atoms with van der Waals surface area (Å²) in [5, 5.41) is 5.65. The van der Waals surface area contributed by atoms with Gasteiger partial charge in [-0.15, -0.1) is 11.3 Å². The number of aryl methyl sites for hydroxylation is 1. The molecule has 0 aliphatic rings. The monoisotopic (exact) mass is 414 g/mol. The van der Waals surface area contributed by atoms with E-state index in [1.807, 2.05) is 12.1 Å². The summed E-state index contributed by atoms with van der Waals surface area (Å²) < 4.78 is 5.87. The Hall–Kier alpha value is -2.83. The fourth-order valence-electron chi connectivity index (χ4n) is 2.62. The van der Waals surface area contributed by atoms with Crippen LogP contribution in [0.3, 0.4) is 0 Å². The fourth-order valence-corrected chi connectivity index (χ4v) is 3.71. The summed E-state index contributed by atoms with van der Waals surface area (Å²) in [5.41, 5.74) is 1.47. The maximum absolute atomic E-state index is 12.7. The van der Waals surface area contributed by atoms with Gasteiger partial charge in [0.1, 0.15) is 5.75 Å². The van der Waals surface area contributed by atoms with E-state index in [4.69, 9.17) is 16.3 Å². The highest BCUT2D eigenvalue weighted by Crippen LogP contribution is 2.23. The molecule has 0 aliphatic heterocycles. The van der Waals surface area contributed by atoms with Gasteiger partial charge in [-0.3, -0.25) is 9.59 Å². The second kappa shape index (κ2) is 9.39. The van der Waals surface area contributed by atoms with Gasteiger partial charge in [-0.1, -0.05) is 29.8 Å². The lowest BCUT2D eigenvalue weighted by Crippen LogP contribution is -2.18. The predicted molar refractivity (Wildman–Crippen MR) is 114 cm³/mol. The van der Waals surface area contributed by atoms with E-state index < -0.39 is 0 Å². The van der Waals surface area contributed by atoms with Crippen LogP contribution in [0.1, 0.15) is 21.7 Å². The highest BCUT2D eigenvalue weighted by molar-refractivity contribution is 7.16. The molecule has 0 radical (unpaired) electrons. The van der Waals surface area contributed by atoms with Gasteiger partial charge < -0.3 is 15.4 Å². The maximum Gasteiger partial charge on any atom is 0.257 e. The van der Waals surface area contributed by atoms with Crippen molar-refractivity contribution in [3.05, 3.63) is 75.4 Å². The van der Waals surface area contributed by atoms with E-state index in [9.17, 15) is 9.59 Å². The summed E-state index contributed by atoms with van der Waals surface area (Å²) in [6.07, 6.45) is 0.907. The first-order valence-electron chi connectivity index (χ1n) is 8.63. The van der Waals surface area contributed by atoms with Gasteiger partial charge in [-0.25, -0.2) is 0 Å². The van der Waals surface area contributed by atoms with E-state index in [1.165, 1.54) is 11.3 Å². The molecule has 0 spiro atoms.